The van der Waals surface area contributed by atoms with E-state index in [4.69, 9.17) is 18.9 Å². The van der Waals surface area contributed by atoms with Gasteiger partial charge in [-0.25, -0.2) is 4.98 Å². The fourth-order valence-corrected chi connectivity index (χ4v) is 2.57. The maximum atomic E-state index is 12.6. The standard InChI is InChI=1S/C22H21NO5/c1-25-14-27-21-12-8-17(13-22(21)28-15-26-2)20(24)11-10-18-9-7-16-5-3-4-6-19(16)23-18/h3-13H,14-15H2,1-2H3/b11-10+. The van der Waals surface area contributed by atoms with Crippen LogP contribution in [0.1, 0.15) is 16.1 Å². The number of ether oxygens (including phenoxy) is 4. The zero-order valence-electron chi connectivity index (χ0n) is 15.8. The first kappa shape index (κ1) is 19.5. The molecule has 0 fully saturated rings. The van der Waals surface area contributed by atoms with Gasteiger partial charge in [0.2, 0.25) is 0 Å². The van der Waals surface area contributed by atoms with E-state index in [1.807, 2.05) is 36.4 Å². The summed E-state index contributed by atoms with van der Waals surface area (Å²) < 4.78 is 20.8. The lowest BCUT2D eigenvalue weighted by Gasteiger charge is -2.12. The molecule has 0 bridgehead atoms. The quantitative estimate of drug-likeness (QED) is 0.317. The summed E-state index contributed by atoms with van der Waals surface area (Å²) in [6, 6.07) is 16.6. The molecule has 6 heteroatoms. The van der Waals surface area contributed by atoms with Crippen LogP contribution in [0.3, 0.4) is 0 Å². The van der Waals surface area contributed by atoms with Crippen LogP contribution >= 0.6 is 0 Å². The van der Waals surface area contributed by atoms with Crippen molar-refractivity contribution in [2.24, 2.45) is 0 Å². The molecule has 0 saturated heterocycles. The van der Waals surface area contributed by atoms with Gasteiger partial charge in [0.15, 0.2) is 30.9 Å². The average molecular weight is 379 g/mol. The lowest BCUT2D eigenvalue weighted by atomic mass is 10.1. The molecule has 3 rings (SSSR count). The van der Waals surface area contributed by atoms with E-state index < -0.39 is 0 Å². The lowest BCUT2D eigenvalue weighted by Crippen LogP contribution is -2.05. The van der Waals surface area contributed by atoms with E-state index in [2.05, 4.69) is 4.98 Å². The molecular formula is C22H21NO5. The molecule has 0 aliphatic carbocycles. The van der Waals surface area contributed by atoms with Crippen LogP contribution in [0, 0.1) is 0 Å². The largest absolute Gasteiger partial charge is 0.464 e. The Labute approximate surface area is 163 Å². The topological polar surface area (TPSA) is 66.9 Å². The molecular weight excluding hydrogens is 358 g/mol. The molecule has 0 amide bonds. The monoisotopic (exact) mass is 379 g/mol. The minimum atomic E-state index is -0.171. The summed E-state index contributed by atoms with van der Waals surface area (Å²) in [4.78, 5) is 17.1. The summed E-state index contributed by atoms with van der Waals surface area (Å²) in [5, 5.41) is 1.05. The van der Waals surface area contributed by atoms with Crippen molar-refractivity contribution in [3.8, 4) is 11.5 Å². The van der Waals surface area contributed by atoms with Crippen LogP contribution in [0.4, 0.5) is 0 Å². The van der Waals surface area contributed by atoms with E-state index in [0.29, 0.717) is 22.8 Å². The molecule has 6 nitrogen and oxygen atoms in total. The Balaban J connectivity index is 1.78. The second-order valence-corrected chi connectivity index (χ2v) is 5.89. The molecule has 0 atom stereocenters. The van der Waals surface area contributed by atoms with Gasteiger partial charge in [0.05, 0.1) is 11.2 Å². The zero-order chi connectivity index (χ0) is 19.8. The molecule has 0 saturated carbocycles. The van der Waals surface area contributed by atoms with Crippen molar-refractivity contribution >= 4 is 22.8 Å². The first-order chi connectivity index (χ1) is 13.7. The highest BCUT2D eigenvalue weighted by molar-refractivity contribution is 6.07. The van der Waals surface area contributed by atoms with E-state index >= 15 is 0 Å². The number of nitrogens with zero attached hydrogens (tertiary/aromatic N) is 1. The van der Waals surface area contributed by atoms with E-state index in [1.54, 1.807) is 24.3 Å². The van der Waals surface area contributed by atoms with E-state index in [0.717, 1.165) is 10.9 Å². The Morgan fingerprint density at radius 3 is 2.46 bits per heavy atom. The van der Waals surface area contributed by atoms with Crippen molar-refractivity contribution < 1.29 is 23.7 Å². The van der Waals surface area contributed by atoms with Crippen LogP contribution < -0.4 is 9.47 Å². The second kappa shape index (κ2) is 9.64. The molecule has 0 unspecified atom stereocenters. The number of methoxy groups -OCH3 is 2. The van der Waals surface area contributed by atoms with Crippen LogP contribution in [-0.4, -0.2) is 38.6 Å². The van der Waals surface area contributed by atoms with Crippen LogP contribution in [-0.2, 0) is 9.47 Å². The van der Waals surface area contributed by atoms with Gasteiger partial charge < -0.3 is 18.9 Å². The molecule has 0 radical (unpaired) electrons. The predicted octanol–water partition coefficient (Wildman–Crippen LogP) is 4.10. The smallest absolute Gasteiger partial charge is 0.188 e. The fraction of sp³-hybridized carbons (Fsp3) is 0.182. The van der Waals surface area contributed by atoms with Crippen molar-refractivity contribution in [1.29, 1.82) is 0 Å². The summed E-state index contributed by atoms with van der Waals surface area (Å²) in [7, 11) is 3.04. The molecule has 3 aromatic rings. The van der Waals surface area contributed by atoms with Crippen molar-refractivity contribution in [2.75, 3.05) is 27.8 Å². The number of fused-ring (bicyclic) bond motifs is 1. The maximum Gasteiger partial charge on any atom is 0.188 e. The van der Waals surface area contributed by atoms with Crippen LogP contribution in [0.2, 0.25) is 0 Å². The highest BCUT2D eigenvalue weighted by Gasteiger charge is 2.10. The predicted molar refractivity (Wildman–Crippen MR) is 107 cm³/mol. The first-order valence-electron chi connectivity index (χ1n) is 8.67. The average Bonchev–Trinajstić information content (AvgIpc) is 2.74. The highest BCUT2D eigenvalue weighted by Crippen LogP contribution is 2.29. The third-order valence-electron chi connectivity index (χ3n) is 3.92. The van der Waals surface area contributed by atoms with Crippen LogP contribution in [0.5, 0.6) is 11.5 Å². The van der Waals surface area contributed by atoms with Gasteiger partial charge in [-0.05, 0) is 42.5 Å². The summed E-state index contributed by atoms with van der Waals surface area (Å²) in [5.41, 5.74) is 2.06. The number of ketones is 1. The van der Waals surface area contributed by atoms with Gasteiger partial charge in [0.25, 0.3) is 0 Å². The summed E-state index contributed by atoms with van der Waals surface area (Å²) in [6.07, 6.45) is 3.18. The SMILES string of the molecule is COCOc1ccc(C(=O)/C=C/c2ccc3ccccc3n2)cc1OCOC. The third-order valence-corrected chi connectivity index (χ3v) is 3.92. The number of hydrogen-bond acceptors (Lipinski definition) is 6. The van der Waals surface area contributed by atoms with Gasteiger partial charge >= 0.3 is 0 Å². The lowest BCUT2D eigenvalue weighted by molar-refractivity contribution is 0.0322. The number of allylic oxidation sites excluding steroid dienone is 1. The van der Waals surface area contributed by atoms with Crippen LogP contribution in [0.25, 0.3) is 17.0 Å². The van der Waals surface area contributed by atoms with Gasteiger partial charge in [-0.3, -0.25) is 4.79 Å². The second-order valence-electron chi connectivity index (χ2n) is 5.89. The number of benzene rings is 2. The molecule has 2 aromatic carbocycles. The van der Waals surface area contributed by atoms with Crippen molar-refractivity contribution in [3.05, 3.63) is 71.9 Å². The molecule has 0 aliphatic heterocycles. The normalized spacial score (nSPS) is 11.1. The fourth-order valence-electron chi connectivity index (χ4n) is 2.57. The van der Waals surface area contributed by atoms with Gasteiger partial charge in [-0.15, -0.1) is 0 Å². The van der Waals surface area contributed by atoms with Gasteiger partial charge in [0, 0.05) is 25.2 Å². The van der Waals surface area contributed by atoms with Crippen molar-refractivity contribution in [2.45, 2.75) is 0 Å². The molecule has 1 aromatic heterocycles. The number of hydrogen-bond donors (Lipinski definition) is 0. The molecule has 0 spiro atoms. The summed E-state index contributed by atoms with van der Waals surface area (Å²) >= 11 is 0. The third kappa shape index (κ3) is 4.94. The minimum absolute atomic E-state index is 0.0395. The molecule has 144 valence electrons. The summed E-state index contributed by atoms with van der Waals surface area (Å²) in [6.45, 7) is 0.113. The van der Waals surface area contributed by atoms with Gasteiger partial charge in [-0.2, -0.15) is 0 Å². The van der Waals surface area contributed by atoms with E-state index in [-0.39, 0.29) is 19.4 Å². The Morgan fingerprint density at radius 2 is 1.68 bits per heavy atom. The first-order valence-corrected chi connectivity index (χ1v) is 8.67. The van der Waals surface area contributed by atoms with E-state index in [9.17, 15) is 4.79 Å². The van der Waals surface area contributed by atoms with Gasteiger partial charge in [-0.1, -0.05) is 24.3 Å². The number of pyridine rings is 1. The molecule has 0 N–H and O–H groups in total. The summed E-state index contributed by atoms with van der Waals surface area (Å²) in [5.74, 6) is 0.702. The highest BCUT2D eigenvalue weighted by atomic mass is 16.7. The number of aromatic nitrogens is 1. The van der Waals surface area contributed by atoms with Gasteiger partial charge in [0.1, 0.15) is 0 Å². The number of carbonyl (C=O) groups is 1. The number of carbonyl (C=O) groups excluding carboxylic acids is 1. The number of rotatable bonds is 9. The Morgan fingerprint density at radius 1 is 0.929 bits per heavy atom. The maximum absolute atomic E-state index is 12.6. The van der Waals surface area contributed by atoms with E-state index in [1.165, 1.54) is 20.3 Å². The Hall–Kier alpha value is -3.22. The van der Waals surface area contributed by atoms with Crippen molar-refractivity contribution in [1.82, 2.24) is 4.98 Å². The Kier molecular flexibility index (Phi) is 6.73. The Bertz CT molecular complexity index is 984. The van der Waals surface area contributed by atoms with Crippen molar-refractivity contribution in [3.63, 3.8) is 0 Å². The molecule has 0 aliphatic rings. The molecule has 28 heavy (non-hydrogen) atoms. The minimum Gasteiger partial charge on any atom is -0.464 e. The molecule has 1 heterocycles. The number of para-hydroxylation sites is 1. The van der Waals surface area contributed by atoms with Crippen LogP contribution in [0.15, 0.2) is 60.7 Å². The zero-order valence-corrected chi connectivity index (χ0v) is 15.8.